The molecule has 2 aromatic rings. The lowest BCUT2D eigenvalue weighted by Gasteiger charge is -2.08. The molecule has 0 saturated heterocycles. The number of thioether (sulfide) groups is 1. The predicted molar refractivity (Wildman–Crippen MR) is 64.5 cm³/mol. The summed E-state index contributed by atoms with van der Waals surface area (Å²) >= 11 is -0.545. The number of para-hydroxylation sites is 1. The number of carbonyl (C=O) groups is 1. The van der Waals surface area contributed by atoms with Crippen molar-refractivity contribution in [3.05, 3.63) is 58.9 Å². The lowest BCUT2D eigenvalue weighted by atomic mass is 10.3. The van der Waals surface area contributed by atoms with Crippen LogP contribution >= 0.6 is 11.8 Å². The topological polar surface area (TPSA) is 26.3 Å². The molecule has 0 aromatic heterocycles. The van der Waals surface area contributed by atoms with Crippen LogP contribution in [0.4, 0.5) is 35.5 Å². The van der Waals surface area contributed by atoms with Crippen molar-refractivity contribution in [1.29, 1.82) is 0 Å². The fourth-order valence-electron chi connectivity index (χ4n) is 1.44. The molecule has 0 aliphatic rings. The first-order chi connectivity index (χ1) is 10.7. The van der Waals surface area contributed by atoms with Crippen LogP contribution in [-0.2, 0) is 0 Å². The van der Waals surface area contributed by atoms with E-state index in [1.54, 1.807) is 0 Å². The molecular formula is C13H3F7O2S. The van der Waals surface area contributed by atoms with Gasteiger partial charge in [-0.2, -0.15) is 0 Å². The van der Waals surface area contributed by atoms with Crippen LogP contribution in [0.2, 0.25) is 0 Å². The van der Waals surface area contributed by atoms with E-state index in [2.05, 4.69) is 4.74 Å². The normalized spacial score (nSPS) is 10.7. The van der Waals surface area contributed by atoms with Crippen molar-refractivity contribution in [2.24, 2.45) is 0 Å². The average molecular weight is 356 g/mol. The largest absolute Gasteiger partial charge is 0.412 e. The van der Waals surface area contributed by atoms with E-state index in [9.17, 15) is 35.5 Å². The highest BCUT2D eigenvalue weighted by Crippen LogP contribution is 2.33. The third-order valence-corrected chi connectivity index (χ3v) is 3.27. The summed E-state index contributed by atoms with van der Waals surface area (Å²) in [7, 11) is 0. The van der Waals surface area contributed by atoms with E-state index in [1.807, 2.05) is 0 Å². The number of hydrogen-bond donors (Lipinski definition) is 0. The van der Waals surface area contributed by atoms with Gasteiger partial charge < -0.3 is 4.74 Å². The molecule has 0 saturated carbocycles. The maximum atomic E-state index is 13.4. The van der Waals surface area contributed by atoms with Gasteiger partial charge in [0.2, 0.25) is 11.6 Å². The minimum absolute atomic E-state index is 0.545. The second-order valence-corrected chi connectivity index (χ2v) is 4.85. The fourth-order valence-corrected chi connectivity index (χ4v) is 2.09. The zero-order valence-corrected chi connectivity index (χ0v) is 11.4. The Kier molecular flexibility index (Phi) is 4.83. The van der Waals surface area contributed by atoms with Gasteiger partial charge in [0.05, 0.1) is 4.90 Å². The van der Waals surface area contributed by atoms with Crippen molar-refractivity contribution in [3.63, 3.8) is 0 Å². The highest BCUT2D eigenvalue weighted by Gasteiger charge is 2.28. The molecular weight excluding hydrogens is 353 g/mol. The molecule has 0 heterocycles. The van der Waals surface area contributed by atoms with Crippen molar-refractivity contribution >= 4 is 17.1 Å². The molecule has 2 nitrogen and oxygen atoms in total. The van der Waals surface area contributed by atoms with Gasteiger partial charge in [0.25, 0.3) is 0 Å². The molecule has 0 aliphatic heterocycles. The Morgan fingerprint density at radius 3 is 1.70 bits per heavy atom. The Bertz CT molecular complexity index is 745. The van der Waals surface area contributed by atoms with Gasteiger partial charge in [0.1, 0.15) is 0 Å². The van der Waals surface area contributed by atoms with Crippen LogP contribution in [0.15, 0.2) is 23.1 Å². The first-order valence-electron chi connectivity index (χ1n) is 5.59. The van der Waals surface area contributed by atoms with E-state index in [0.717, 1.165) is 18.2 Å². The first-order valence-corrected chi connectivity index (χ1v) is 6.40. The molecule has 0 radical (unpaired) electrons. The monoisotopic (exact) mass is 356 g/mol. The summed E-state index contributed by atoms with van der Waals surface area (Å²) in [6.45, 7) is 0. The highest BCUT2D eigenvalue weighted by molar-refractivity contribution is 8.13. The molecule has 0 fully saturated rings. The fraction of sp³-hybridized carbons (Fsp3) is 0. The maximum absolute atomic E-state index is 13.4. The van der Waals surface area contributed by atoms with Gasteiger partial charge in [-0.3, -0.25) is 0 Å². The molecule has 0 atom stereocenters. The number of ether oxygens (including phenoxy) is 1. The van der Waals surface area contributed by atoms with Crippen molar-refractivity contribution in [2.75, 3.05) is 0 Å². The van der Waals surface area contributed by atoms with E-state index in [-0.39, 0.29) is 0 Å². The summed E-state index contributed by atoms with van der Waals surface area (Å²) in [4.78, 5) is 9.88. The lowest BCUT2D eigenvalue weighted by Crippen LogP contribution is -2.08. The molecule has 0 bridgehead atoms. The van der Waals surface area contributed by atoms with Gasteiger partial charge in [-0.05, 0) is 23.9 Å². The zero-order chi connectivity index (χ0) is 17.3. The highest BCUT2D eigenvalue weighted by atomic mass is 32.2. The molecule has 0 spiro atoms. The van der Waals surface area contributed by atoms with Crippen molar-refractivity contribution in [1.82, 2.24) is 0 Å². The Hall–Kier alpha value is -2.23. The maximum Gasteiger partial charge on any atom is 0.377 e. The molecule has 0 aliphatic carbocycles. The third-order valence-electron chi connectivity index (χ3n) is 2.46. The van der Waals surface area contributed by atoms with Crippen LogP contribution in [0.1, 0.15) is 0 Å². The average Bonchev–Trinajstić information content (AvgIpc) is 2.51. The van der Waals surface area contributed by atoms with Gasteiger partial charge >= 0.3 is 5.30 Å². The Labute approximate surface area is 127 Å². The van der Waals surface area contributed by atoms with Crippen molar-refractivity contribution < 1.29 is 40.3 Å². The zero-order valence-electron chi connectivity index (χ0n) is 10.6. The minimum atomic E-state index is -2.40. The van der Waals surface area contributed by atoms with Gasteiger partial charge in [0, 0.05) is 0 Å². The number of halogens is 7. The first kappa shape index (κ1) is 17.1. The summed E-state index contributed by atoms with van der Waals surface area (Å²) < 4.78 is 96.2. The second-order valence-electron chi connectivity index (χ2n) is 3.90. The summed E-state index contributed by atoms with van der Waals surface area (Å²) in [5, 5.41) is -1.70. The van der Waals surface area contributed by atoms with E-state index in [1.165, 1.54) is 0 Å². The summed E-state index contributed by atoms with van der Waals surface area (Å²) in [5.74, 6) is -15.2. The third kappa shape index (κ3) is 3.26. The SMILES string of the molecule is O=C(Oc1c(F)cccc1F)Sc1c(F)c(F)c(F)c(F)c1F. The lowest BCUT2D eigenvalue weighted by molar-refractivity contribution is 0.222. The predicted octanol–water partition coefficient (Wildman–Crippen LogP) is 4.95. The van der Waals surface area contributed by atoms with E-state index in [0.29, 0.717) is 0 Å². The summed E-state index contributed by atoms with van der Waals surface area (Å²) in [6.07, 6.45) is 0. The quantitative estimate of drug-likeness (QED) is 0.250. The second kappa shape index (κ2) is 6.49. The molecule has 0 unspecified atom stereocenters. The Morgan fingerprint density at radius 1 is 0.783 bits per heavy atom. The van der Waals surface area contributed by atoms with E-state index < -0.39 is 68.4 Å². The molecule has 0 N–H and O–H groups in total. The van der Waals surface area contributed by atoms with Crippen LogP contribution < -0.4 is 4.74 Å². The molecule has 2 rings (SSSR count). The standard InChI is InChI=1S/C13H3F7O2S/c14-4-2-1-3-5(15)11(4)22-13(21)23-12-9(19)7(17)6(16)8(18)10(12)20/h1-3H. The van der Waals surface area contributed by atoms with Gasteiger partial charge in [-0.1, -0.05) is 6.07 Å². The number of benzene rings is 2. The number of carbonyl (C=O) groups excluding carboxylic acids is 1. The van der Waals surface area contributed by atoms with Crippen LogP contribution in [-0.4, -0.2) is 5.30 Å². The van der Waals surface area contributed by atoms with Crippen LogP contribution in [0.3, 0.4) is 0 Å². The molecule has 10 heteroatoms. The Morgan fingerprint density at radius 2 is 1.22 bits per heavy atom. The van der Waals surface area contributed by atoms with Crippen molar-refractivity contribution in [2.45, 2.75) is 4.90 Å². The smallest absolute Gasteiger partial charge is 0.377 e. The van der Waals surface area contributed by atoms with Crippen LogP contribution in [0.25, 0.3) is 0 Å². The molecule has 122 valence electrons. The van der Waals surface area contributed by atoms with Gasteiger partial charge in [-0.25, -0.2) is 35.5 Å². The van der Waals surface area contributed by atoms with E-state index in [4.69, 9.17) is 0 Å². The van der Waals surface area contributed by atoms with E-state index >= 15 is 0 Å². The number of rotatable bonds is 2. The van der Waals surface area contributed by atoms with Gasteiger partial charge in [-0.15, -0.1) is 0 Å². The number of hydrogen-bond acceptors (Lipinski definition) is 3. The Balaban J connectivity index is 2.32. The van der Waals surface area contributed by atoms with Crippen molar-refractivity contribution in [3.8, 4) is 5.75 Å². The van der Waals surface area contributed by atoms with Crippen LogP contribution in [0, 0.1) is 40.7 Å². The summed E-state index contributed by atoms with van der Waals surface area (Å²) in [6, 6.07) is 2.42. The van der Waals surface area contributed by atoms with Crippen LogP contribution in [0.5, 0.6) is 5.75 Å². The molecule has 0 amide bonds. The summed E-state index contributed by atoms with van der Waals surface area (Å²) in [5.41, 5.74) is 0. The minimum Gasteiger partial charge on any atom is -0.412 e. The van der Waals surface area contributed by atoms with Gasteiger partial charge in [0.15, 0.2) is 34.9 Å². The molecule has 23 heavy (non-hydrogen) atoms. The molecule has 2 aromatic carbocycles.